The number of rotatable bonds is 3. The van der Waals surface area contributed by atoms with Gasteiger partial charge in [0.1, 0.15) is 6.04 Å². The molecule has 5 heteroatoms. The third-order valence-corrected chi connectivity index (χ3v) is 1.74. The Kier molecular flexibility index (Phi) is 3.11. The summed E-state index contributed by atoms with van der Waals surface area (Å²) in [5.41, 5.74) is 5.39. The summed E-state index contributed by atoms with van der Waals surface area (Å²) in [6.45, 7) is 0.831. The molecule has 1 fully saturated rings. The van der Waals surface area contributed by atoms with E-state index in [2.05, 4.69) is 0 Å². The van der Waals surface area contributed by atoms with Gasteiger partial charge in [-0.15, -0.1) is 11.6 Å². The lowest BCUT2D eigenvalue weighted by molar-refractivity contribution is -0.161. The Morgan fingerprint density at radius 3 is 3.00 bits per heavy atom. The number of halogens is 1. The van der Waals surface area contributed by atoms with Crippen LogP contribution in [0, 0.1) is 0 Å². The van der Waals surface area contributed by atoms with Crippen LogP contribution in [-0.2, 0) is 9.63 Å². The minimum absolute atomic E-state index is 0.143. The first-order valence-corrected chi connectivity index (χ1v) is 4.05. The van der Waals surface area contributed by atoms with Crippen LogP contribution in [0.5, 0.6) is 0 Å². The SMILES string of the molecule is NC1CON(CCCCl)C1=O. The zero-order chi connectivity index (χ0) is 8.27. The van der Waals surface area contributed by atoms with E-state index in [4.69, 9.17) is 22.2 Å². The molecule has 0 bridgehead atoms. The molecule has 0 aromatic carbocycles. The summed E-state index contributed by atoms with van der Waals surface area (Å²) in [5, 5.41) is 1.28. The van der Waals surface area contributed by atoms with Gasteiger partial charge in [0.2, 0.25) is 0 Å². The quantitative estimate of drug-likeness (QED) is 0.605. The number of amides is 1. The van der Waals surface area contributed by atoms with E-state index in [9.17, 15) is 4.79 Å². The molecule has 1 saturated heterocycles. The van der Waals surface area contributed by atoms with Gasteiger partial charge in [0, 0.05) is 12.4 Å². The van der Waals surface area contributed by atoms with Crippen LogP contribution in [0.3, 0.4) is 0 Å². The Balaban J connectivity index is 2.30. The molecule has 0 radical (unpaired) electrons. The van der Waals surface area contributed by atoms with Crippen LogP contribution in [0.15, 0.2) is 0 Å². The van der Waals surface area contributed by atoms with Gasteiger partial charge in [0.25, 0.3) is 5.91 Å². The maximum Gasteiger partial charge on any atom is 0.265 e. The number of hydroxylamine groups is 2. The average molecular weight is 179 g/mol. The van der Waals surface area contributed by atoms with Gasteiger partial charge in [0.05, 0.1) is 6.61 Å². The second kappa shape index (κ2) is 3.90. The Morgan fingerprint density at radius 2 is 2.55 bits per heavy atom. The molecule has 1 amide bonds. The fourth-order valence-corrected chi connectivity index (χ4v) is 0.988. The zero-order valence-electron chi connectivity index (χ0n) is 6.12. The van der Waals surface area contributed by atoms with E-state index in [1.54, 1.807) is 0 Å². The molecule has 0 saturated carbocycles. The third kappa shape index (κ3) is 2.05. The monoisotopic (exact) mass is 178 g/mol. The highest BCUT2D eigenvalue weighted by Crippen LogP contribution is 2.06. The average Bonchev–Trinajstić information content (AvgIpc) is 2.31. The highest BCUT2D eigenvalue weighted by Gasteiger charge is 2.29. The molecule has 4 nitrogen and oxygen atoms in total. The van der Waals surface area contributed by atoms with Gasteiger partial charge in [-0.1, -0.05) is 0 Å². The standard InChI is InChI=1S/C6H11ClN2O2/c7-2-1-3-9-6(10)5(8)4-11-9/h5H,1-4,8H2. The first-order valence-electron chi connectivity index (χ1n) is 3.51. The van der Waals surface area contributed by atoms with Crippen molar-refractivity contribution >= 4 is 17.5 Å². The highest BCUT2D eigenvalue weighted by molar-refractivity contribution is 6.17. The topological polar surface area (TPSA) is 55.6 Å². The number of hydrogen-bond donors (Lipinski definition) is 1. The lowest BCUT2D eigenvalue weighted by Gasteiger charge is -2.12. The number of nitrogens with zero attached hydrogens (tertiary/aromatic N) is 1. The van der Waals surface area contributed by atoms with Crippen LogP contribution >= 0.6 is 11.6 Å². The van der Waals surface area contributed by atoms with Crippen LogP contribution in [0.25, 0.3) is 0 Å². The molecule has 0 aromatic rings. The molecule has 2 N–H and O–H groups in total. The minimum Gasteiger partial charge on any atom is -0.318 e. The fourth-order valence-electron chi connectivity index (χ4n) is 0.868. The maximum absolute atomic E-state index is 11.0. The van der Waals surface area contributed by atoms with Crippen molar-refractivity contribution in [3.63, 3.8) is 0 Å². The summed E-state index contributed by atoms with van der Waals surface area (Å²) in [5.74, 6) is 0.387. The molecule has 1 aliphatic rings. The van der Waals surface area contributed by atoms with Crippen molar-refractivity contribution in [1.29, 1.82) is 0 Å². The second-order valence-corrected chi connectivity index (χ2v) is 2.76. The molecule has 1 rings (SSSR count). The molecular weight excluding hydrogens is 168 g/mol. The van der Waals surface area contributed by atoms with Crippen molar-refractivity contribution in [2.75, 3.05) is 19.0 Å². The van der Waals surface area contributed by atoms with Gasteiger partial charge in [-0.05, 0) is 6.42 Å². The van der Waals surface area contributed by atoms with Crippen molar-refractivity contribution in [3.05, 3.63) is 0 Å². The highest BCUT2D eigenvalue weighted by atomic mass is 35.5. The molecule has 0 aromatic heterocycles. The molecule has 64 valence electrons. The van der Waals surface area contributed by atoms with E-state index in [1.165, 1.54) is 5.06 Å². The minimum atomic E-state index is -0.481. The predicted molar refractivity (Wildman–Crippen MR) is 41.0 cm³/mol. The van der Waals surface area contributed by atoms with Crippen molar-refractivity contribution < 1.29 is 9.63 Å². The van der Waals surface area contributed by atoms with Crippen molar-refractivity contribution in [1.82, 2.24) is 5.06 Å². The van der Waals surface area contributed by atoms with Crippen molar-refractivity contribution in [3.8, 4) is 0 Å². The summed E-state index contributed by atoms with van der Waals surface area (Å²) in [7, 11) is 0. The third-order valence-electron chi connectivity index (χ3n) is 1.47. The molecule has 1 atom stereocenters. The maximum atomic E-state index is 11.0. The summed E-state index contributed by atoms with van der Waals surface area (Å²) >= 11 is 5.44. The number of alkyl halides is 1. The number of carbonyl (C=O) groups excluding carboxylic acids is 1. The molecule has 1 aliphatic heterocycles. The number of hydrogen-bond acceptors (Lipinski definition) is 3. The van der Waals surface area contributed by atoms with Crippen LogP contribution < -0.4 is 5.73 Å². The number of carbonyl (C=O) groups is 1. The normalized spacial score (nSPS) is 24.7. The molecule has 11 heavy (non-hydrogen) atoms. The van der Waals surface area contributed by atoms with Crippen LogP contribution in [0.2, 0.25) is 0 Å². The Morgan fingerprint density at radius 1 is 1.82 bits per heavy atom. The molecule has 1 heterocycles. The molecular formula is C6H11ClN2O2. The summed E-state index contributed by atoms with van der Waals surface area (Å²) in [4.78, 5) is 16.0. The molecule has 0 spiro atoms. The Labute approximate surface area is 70.2 Å². The first-order chi connectivity index (χ1) is 5.25. The van der Waals surface area contributed by atoms with E-state index in [0.717, 1.165) is 6.42 Å². The Hall–Kier alpha value is -0.320. The van der Waals surface area contributed by atoms with Gasteiger partial charge in [0.15, 0.2) is 0 Å². The largest absolute Gasteiger partial charge is 0.318 e. The van der Waals surface area contributed by atoms with Crippen LogP contribution in [-0.4, -0.2) is 36.0 Å². The van der Waals surface area contributed by atoms with Crippen molar-refractivity contribution in [2.24, 2.45) is 5.73 Å². The predicted octanol–water partition coefficient (Wildman–Crippen LogP) is -0.284. The lowest BCUT2D eigenvalue weighted by atomic mass is 10.3. The van der Waals surface area contributed by atoms with Crippen molar-refractivity contribution in [2.45, 2.75) is 12.5 Å². The summed E-state index contributed by atoms with van der Waals surface area (Å²) < 4.78 is 0. The summed E-state index contributed by atoms with van der Waals surface area (Å²) in [6, 6.07) is -0.481. The first kappa shape index (κ1) is 8.77. The summed E-state index contributed by atoms with van der Waals surface area (Å²) in [6.07, 6.45) is 0.736. The van der Waals surface area contributed by atoms with Gasteiger partial charge in [-0.25, -0.2) is 5.06 Å². The van der Waals surface area contributed by atoms with E-state index in [-0.39, 0.29) is 5.91 Å². The van der Waals surface area contributed by atoms with Gasteiger partial charge in [-0.3, -0.25) is 9.63 Å². The second-order valence-electron chi connectivity index (χ2n) is 2.39. The molecule has 1 unspecified atom stereocenters. The van der Waals surface area contributed by atoms with Crippen LogP contribution in [0.4, 0.5) is 0 Å². The molecule has 0 aliphatic carbocycles. The fraction of sp³-hybridized carbons (Fsp3) is 0.833. The van der Waals surface area contributed by atoms with E-state index >= 15 is 0 Å². The van der Waals surface area contributed by atoms with Gasteiger partial charge >= 0.3 is 0 Å². The zero-order valence-corrected chi connectivity index (χ0v) is 6.88. The number of nitrogens with two attached hydrogens (primary N) is 1. The van der Waals surface area contributed by atoms with Crippen LogP contribution in [0.1, 0.15) is 6.42 Å². The Bertz CT molecular complexity index is 154. The van der Waals surface area contributed by atoms with Gasteiger partial charge < -0.3 is 5.73 Å². The van der Waals surface area contributed by atoms with E-state index in [0.29, 0.717) is 19.0 Å². The smallest absolute Gasteiger partial charge is 0.265 e. The van der Waals surface area contributed by atoms with E-state index < -0.39 is 6.04 Å². The van der Waals surface area contributed by atoms with Gasteiger partial charge in [-0.2, -0.15) is 0 Å². The van der Waals surface area contributed by atoms with E-state index in [1.807, 2.05) is 0 Å². The lowest BCUT2D eigenvalue weighted by Crippen LogP contribution is -2.35.